The Morgan fingerprint density at radius 2 is 2.14 bits per heavy atom. The number of carbonyl (C=O) groups excluding carboxylic acids is 1. The minimum Gasteiger partial charge on any atom is -0.399 e. The van der Waals surface area contributed by atoms with E-state index in [2.05, 4.69) is 5.32 Å². The Morgan fingerprint density at radius 3 is 2.71 bits per heavy atom. The van der Waals surface area contributed by atoms with Crippen LogP contribution < -0.4 is 16.8 Å². The second-order valence-corrected chi connectivity index (χ2v) is 3.35. The summed E-state index contributed by atoms with van der Waals surface area (Å²) in [6.45, 7) is 3.53. The first-order chi connectivity index (χ1) is 6.50. The van der Waals surface area contributed by atoms with E-state index in [1.165, 1.54) is 0 Å². The summed E-state index contributed by atoms with van der Waals surface area (Å²) in [6, 6.07) is 4.84. The topological polar surface area (TPSA) is 81.1 Å². The fraction of sp³-hybridized carbons (Fsp3) is 0.300. The van der Waals surface area contributed by atoms with Crippen LogP contribution in [0, 0.1) is 6.92 Å². The maximum atomic E-state index is 11.3. The molecule has 0 radical (unpaired) electrons. The molecule has 0 heterocycles. The van der Waals surface area contributed by atoms with Crippen LogP contribution in [0.15, 0.2) is 18.2 Å². The highest BCUT2D eigenvalue weighted by molar-refractivity contribution is 5.95. The molecule has 1 unspecified atom stereocenters. The van der Waals surface area contributed by atoms with Crippen LogP contribution in [0.5, 0.6) is 0 Å². The van der Waals surface area contributed by atoms with Crippen LogP contribution in [-0.4, -0.2) is 11.9 Å². The molecule has 0 saturated heterocycles. The number of nitrogen functional groups attached to an aromatic ring is 1. The van der Waals surface area contributed by atoms with E-state index in [1.807, 2.05) is 13.0 Å². The van der Waals surface area contributed by atoms with Crippen molar-refractivity contribution >= 4 is 17.3 Å². The van der Waals surface area contributed by atoms with Crippen LogP contribution in [0.2, 0.25) is 0 Å². The first-order valence-electron chi connectivity index (χ1n) is 4.43. The molecule has 5 N–H and O–H groups in total. The van der Waals surface area contributed by atoms with E-state index in [-0.39, 0.29) is 5.91 Å². The average molecular weight is 193 g/mol. The van der Waals surface area contributed by atoms with Crippen LogP contribution in [0.3, 0.4) is 0 Å². The van der Waals surface area contributed by atoms with Crippen molar-refractivity contribution in [2.24, 2.45) is 5.73 Å². The SMILES string of the molecule is Cc1ccc(N)cc1NC(=O)C(C)N. The van der Waals surface area contributed by atoms with Gasteiger partial charge in [0.25, 0.3) is 0 Å². The summed E-state index contributed by atoms with van der Waals surface area (Å²) in [4.78, 5) is 11.3. The second-order valence-electron chi connectivity index (χ2n) is 3.35. The number of benzene rings is 1. The summed E-state index contributed by atoms with van der Waals surface area (Å²) in [5.41, 5.74) is 13.3. The molecule has 0 aromatic heterocycles. The van der Waals surface area contributed by atoms with E-state index in [0.29, 0.717) is 11.4 Å². The van der Waals surface area contributed by atoms with Crippen molar-refractivity contribution in [2.75, 3.05) is 11.1 Å². The summed E-state index contributed by atoms with van der Waals surface area (Å²) < 4.78 is 0. The van der Waals surface area contributed by atoms with E-state index in [1.54, 1.807) is 19.1 Å². The second kappa shape index (κ2) is 4.11. The first-order valence-corrected chi connectivity index (χ1v) is 4.43. The monoisotopic (exact) mass is 193 g/mol. The van der Waals surface area contributed by atoms with Gasteiger partial charge in [-0.25, -0.2) is 0 Å². The van der Waals surface area contributed by atoms with Gasteiger partial charge in [-0.2, -0.15) is 0 Å². The molecule has 1 rings (SSSR count). The van der Waals surface area contributed by atoms with Crippen molar-refractivity contribution in [3.8, 4) is 0 Å². The predicted molar refractivity (Wildman–Crippen MR) is 57.9 cm³/mol. The van der Waals surface area contributed by atoms with Crippen LogP contribution in [0.4, 0.5) is 11.4 Å². The molecule has 0 spiro atoms. The van der Waals surface area contributed by atoms with Crippen molar-refractivity contribution < 1.29 is 4.79 Å². The van der Waals surface area contributed by atoms with Gasteiger partial charge in [0.1, 0.15) is 0 Å². The average Bonchev–Trinajstić information content (AvgIpc) is 2.11. The maximum Gasteiger partial charge on any atom is 0.241 e. The molecule has 4 nitrogen and oxygen atoms in total. The molecule has 0 fully saturated rings. The summed E-state index contributed by atoms with van der Waals surface area (Å²) >= 11 is 0. The largest absolute Gasteiger partial charge is 0.399 e. The molecule has 14 heavy (non-hydrogen) atoms. The predicted octanol–water partition coefficient (Wildman–Crippen LogP) is 0.863. The number of aryl methyl sites for hydroxylation is 1. The van der Waals surface area contributed by atoms with Crippen molar-refractivity contribution in [1.29, 1.82) is 0 Å². The summed E-state index contributed by atoms with van der Waals surface area (Å²) in [6.07, 6.45) is 0. The standard InChI is InChI=1S/C10H15N3O/c1-6-3-4-8(12)5-9(6)13-10(14)7(2)11/h3-5,7H,11-12H2,1-2H3,(H,13,14). The van der Waals surface area contributed by atoms with Crippen molar-refractivity contribution in [1.82, 2.24) is 0 Å². The van der Waals surface area contributed by atoms with E-state index in [4.69, 9.17) is 11.5 Å². The molecule has 4 heteroatoms. The number of anilines is 2. The number of hydrogen-bond donors (Lipinski definition) is 3. The lowest BCUT2D eigenvalue weighted by Gasteiger charge is -2.10. The van der Waals surface area contributed by atoms with E-state index in [0.717, 1.165) is 5.56 Å². The van der Waals surface area contributed by atoms with Crippen molar-refractivity contribution in [3.05, 3.63) is 23.8 Å². The molecule has 1 amide bonds. The Kier molecular flexibility index (Phi) is 3.09. The van der Waals surface area contributed by atoms with Gasteiger partial charge >= 0.3 is 0 Å². The number of carbonyl (C=O) groups is 1. The maximum absolute atomic E-state index is 11.3. The van der Waals surface area contributed by atoms with Crippen LogP contribution in [-0.2, 0) is 4.79 Å². The van der Waals surface area contributed by atoms with Gasteiger partial charge < -0.3 is 16.8 Å². The smallest absolute Gasteiger partial charge is 0.241 e. The summed E-state index contributed by atoms with van der Waals surface area (Å²) in [5.74, 6) is -0.210. The third kappa shape index (κ3) is 2.47. The van der Waals surface area contributed by atoms with Crippen molar-refractivity contribution in [3.63, 3.8) is 0 Å². The van der Waals surface area contributed by atoms with Crippen LogP contribution in [0.25, 0.3) is 0 Å². The van der Waals surface area contributed by atoms with Gasteiger partial charge in [0.15, 0.2) is 0 Å². The fourth-order valence-corrected chi connectivity index (χ4v) is 1.02. The normalized spacial score (nSPS) is 12.2. The molecular weight excluding hydrogens is 178 g/mol. The quantitative estimate of drug-likeness (QED) is 0.609. The lowest BCUT2D eigenvalue weighted by molar-refractivity contribution is -0.117. The zero-order valence-corrected chi connectivity index (χ0v) is 8.37. The summed E-state index contributed by atoms with van der Waals surface area (Å²) in [7, 11) is 0. The highest BCUT2D eigenvalue weighted by Gasteiger charge is 2.08. The first kappa shape index (κ1) is 10.5. The van der Waals surface area contributed by atoms with Gasteiger partial charge in [-0.1, -0.05) is 6.07 Å². The molecule has 1 aromatic rings. The van der Waals surface area contributed by atoms with E-state index in [9.17, 15) is 4.79 Å². The van der Waals surface area contributed by atoms with Gasteiger partial charge in [0.05, 0.1) is 6.04 Å². The Morgan fingerprint density at radius 1 is 1.50 bits per heavy atom. The number of hydrogen-bond acceptors (Lipinski definition) is 3. The highest BCUT2D eigenvalue weighted by Crippen LogP contribution is 2.17. The lowest BCUT2D eigenvalue weighted by atomic mass is 10.1. The van der Waals surface area contributed by atoms with Crippen LogP contribution in [0.1, 0.15) is 12.5 Å². The molecule has 1 atom stereocenters. The molecule has 0 aliphatic rings. The van der Waals surface area contributed by atoms with Gasteiger partial charge in [0, 0.05) is 11.4 Å². The zero-order chi connectivity index (χ0) is 10.7. The number of nitrogens with one attached hydrogen (secondary N) is 1. The molecule has 1 aromatic carbocycles. The van der Waals surface area contributed by atoms with Gasteiger partial charge in [-0.15, -0.1) is 0 Å². The Balaban J connectivity index is 2.86. The third-order valence-electron chi connectivity index (χ3n) is 1.93. The minimum atomic E-state index is -0.518. The Bertz CT molecular complexity index is 347. The van der Waals surface area contributed by atoms with E-state index >= 15 is 0 Å². The molecule has 0 aliphatic carbocycles. The molecular formula is C10H15N3O. The molecule has 0 bridgehead atoms. The number of nitrogens with two attached hydrogens (primary N) is 2. The highest BCUT2D eigenvalue weighted by atomic mass is 16.2. The third-order valence-corrected chi connectivity index (χ3v) is 1.93. The lowest BCUT2D eigenvalue weighted by Crippen LogP contribution is -2.32. The van der Waals surface area contributed by atoms with Crippen molar-refractivity contribution in [2.45, 2.75) is 19.9 Å². The van der Waals surface area contributed by atoms with Gasteiger partial charge in [-0.3, -0.25) is 4.79 Å². The van der Waals surface area contributed by atoms with Gasteiger partial charge in [0.2, 0.25) is 5.91 Å². The number of rotatable bonds is 2. The number of amides is 1. The summed E-state index contributed by atoms with van der Waals surface area (Å²) in [5, 5.41) is 2.71. The Hall–Kier alpha value is -1.55. The molecule has 76 valence electrons. The zero-order valence-electron chi connectivity index (χ0n) is 8.37. The minimum absolute atomic E-state index is 0.210. The fourth-order valence-electron chi connectivity index (χ4n) is 1.02. The molecule has 0 aliphatic heterocycles. The van der Waals surface area contributed by atoms with Gasteiger partial charge in [-0.05, 0) is 31.5 Å². The molecule has 0 saturated carbocycles. The Labute approximate surface area is 83.3 Å². The van der Waals surface area contributed by atoms with Crippen LogP contribution >= 0.6 is 0 Å². The van der Waals surface area contributed by atoms with E-state index < -0.39 is 6.04 Å².